The van der Waals surface area contributed by atoms with Gasteiger partial charge in [0.25, 0.3) is 10.1 Å². The van der Waals surface area contributed by atoms with Gasteiger partial charge in [0.05, 0.1) is 4.90 Å². The van der Waals surface area contributed by atoms with Crippen LogP contribution in [0.3, 0.4) is 0 Å². The Hall–Kier alpha value is -0.870. The third-order valence-electron chi connectivity index (χ3n) is 2.18. The Morgan fingerprint density at radius 2 is 1.60 bits per heavy atom. The molecule has 1 aliphatic carbocycles. The average Bonchev–Trinajstić information content (AvgIpc) is 2.88. The van der Waals surface area contributed by atoms with Gasteiger partial charge >= 0.3 is 0 Å². The van der Waals surface area contributed by atoms with E-state index in [9.17, 15) is 8.42 Å². The molecule has 1 saturated carbocycles. The molecule has 0 amide bonds. The first kappa shape index (κ1) is 12.2. The fraction of sp³-hybridized carbons (Fsp3) is 0.455. The summed E-state index contributed by atoms with van der Waals surface area (Å²) in [4.78, 5) is -0.0666. The number of hydrogen-bond acceptors (Lipinski definition) is 2. The van der Waals surface area contributed by atoms with Gasteiger partial charge in [-0.1, -0.05) is 37.5 Å². The lowest BCUT2D eigenvalue weighted by Gasteiger charge is -1.95. The van der Waals surface area contributed by atoms with Crippen molar-refractivity contribution in [3.63, 3.8) is 0 Å². The van der Waals surface area contributed by atoms with E-state index < -0.39 is 10.1 Å². The first-order valence-corrected chi connectivity index (χ1v) is 6.38. The van der Waals surface area contributed by atoms with Gasteiger partial charge < -0.3 is 0 Å². The summed E-state index contributed by atoms with van der Waals surface area (Å²) in [5.41, 5.74) is 0.956. The topological polar surface area (TPSA) is 54.4 Å². The molecular formula is C11H16O3S. The van der Waals surface area contributed by atoms with Gasteiger partial charge in [0.1, 0.15) is 0 Å². The van der Waals surface area contributed by atoms with Gasteiger partial charge in [-0.05, 0) is 25.0 Å². The molecular weight excluding hydrogens is 212 g/mol. The minimum absolute atomic E-state index is 0.0666. The molecule has 0 aromatic heterocycles. The van der Waals surface area contributed by atoms with Crippen molar-refractivity contribution in [2.45, 2.75) is 31.6 Å². The zero-order valence-corrected chi connectivity index (χ0v) is 9.79. The van der Waals surface area contributed by atoms with Crippen molar-refractivity contribution in [2.75, 3.05) is 0 Å². The van der Waals surface area contributed by atoms with Gasteiger partial charge in [0.2, 0.25) is 0 Å². The summed E-state index contributed by atoms with van der Waals surface area (Å²) in [5.74, 6) is 1.08. The van der Waals surface area contributed by atoms with E-state index in [1.165, 1.54) is 25.0 Å². The highest BCUT2D eigenvalue weighted by Crippen LogP contribution is 2.26. The molecule has 1 aromatic rings. The molecule has 1 N–H and O–H groups in total. The fourth-order valence-electron chi connectivity index (χ4n) is 0.877. The lowest BCUT2D eigenvalue weighted by atomic mass is 10.2. The van der Waals surface area contributed by atoms with E-state index in [0.29, 0.717) is 0 Å². The molecule has 1 aromatic carbocycles. The van der Waals surface area contributed by atoms with E-state index in [2.05, 4.69) is 6.92 Å². The second kappa shape index (κ2) is 4.77. The Balaban J connectivity index is 0.000000234. The molecule has 0 saturated heterocycles. The van der Waals surface area contributed by atoms with E-state index in [-0.39, 0.29) is 4.90 Å². The van der Waals surface area contributed by atoms with E-state index in [1.54, 1.807) is 12.1 Å². The smallest absolute Gasteiger partial charge is 0.282 e. The number of hydrogen-bond donors (Lipinski definition) is 1. The molecule has 15 heavy (non-hydrogen) atoms. The maximum absolute atomic E-state index is 10.5. The van der Waals surface area contributed by atoms with Gasteiger partial charge in [0.15, 0.2) is 0 Å². The summed E-state index contributed by atoms with van der Waals surface area (Å²) in [7, 11) is -4.02. The van der Waals surface area contributed by atoms with Crippen LogP contribution < -0.4 is 0 Å². The zero-order chi connectivity index (χ0) is 11.5. The Morgan fingerprint density at radius 1 is 1.20 bits per heavy atom. The predicted octanol–water partition coefficient (Wildman–Crippen LogP) is 2.66. The van der Waals surface area contributed by atoms with Crippen LogP contribution in [0, 0.1) is 12.8 Å². The molecule has 2 rings (SSSR count). The Kier molecular flexibility index (Phi) is 3.88. The molecule has 84 valence electrons. The molecule has 0 unspecified atom stereocenters. The third kappa shape index (κ3) is 4.95. The minimum Gasteiger partial charge on any atom is -0.282 e. The van der Waals surface area contributed by atoms with E-state index in [1.807, 2.05) is 6.92 Å². The highest BCUT2D eigenvalue weighted by molar-refractivity contribution is 7.85. The lowest BCUT2D eigenvalue weighted by molar-refractivity contribution is 0.483. The summed E-state index contributed by atoms with van der Waals surface area (Å²) in [6.45, 7) is 4.12. The van der Waals surface area contributed by atoms with Crippen LogP contribution in [0.5, 0.6) is 0 Å². The Morgan fingerprint density at radius 3 is 1.87 bits per heavy atom. The maximum Gasteiger partial charge on any atom is 0.294 e. The number of rotatable bonds is 1. The molecule has 3 nitrogen and oxygen atoms in total. The number of aryl methyl sites for hydroxylation is 1. The molecule has 0 aliphatic heterocycles. The standard InChI is InChI=1S/C7H8O3S.C4H8/c1-6-2-4-7(5-3-6)11(8,9)10;1-4-2-3-4/h2-5H,1H3,(H,8,9,10);4H,2-3H2,1H3. The maximum atomic E-state index is 10.5. The molecule has 1 aliphatic rings. The molecule has 0 heterocycles. The monoisotopic (exact) mass is 228 g/mol. The molecule has 0 spiro atoms. The van der Waals surface area contributed by atoms with E-state index in [4.69, 9.17) is 4.55 Å². The first-order valence-electron chi connectivity index (χ1n) is 4.94. The second-order valence-electron chi connectivity index (χ2n) is 3.97. The fourth-order valence-corrected chi connectivity index (χ4v) is 1.36. The van der Waals surface area contributed by atoms with Crippen molar-refractivity contribution in [3.05, 3.63) is 29.8 Å². The molecule has 0 radical (unpaired) electrons. The van der Waals surface area contributed by atoms with Gasteiger partial charge in [-0.2, -0.15) is 8.42 Å². The first-order chi connectivity index (χ1) is 6.89. The molecule has 1 fully saturated rings. The summed E-state index contributed by atoms with van der Waals surface area (Å²) in [6.07, 6.45) is 2.97. The van der Waals surface area contributed by atoms with Crippen LogP contribution in [0.2, 0.25) is 0 Å². The summed E-state index contributed by atoms with van der Waals surface area (Å²) < 4.78 is 29.6. The van der Waals surface area contributed by atoms with Crippen molar-refractivity contribution >= 4 is 10.1 Å². The van der Waals surface area contributed by atoms with Crippen molar-refractivity contribution in [1.82, 2.24) is 0 Å². The van der Waals surface area contributed by atoms with E-state index >= 15 is 0 Å². The van der Waals surface area contributed by atoms with Crippen LogP contribution >= 0.6 is 0 Å². The van der Waals surface area contributed by atoms with Crippen LogP contribution in [0.25, 0.3) is 0 Å². The minimum atomic E-state index is -4.02. The van der Waals surface area contributed by atoms with Crippen LogP contribution in [0.4, 0.5) is 0 Å². The van der Waals surface area contributed by atoms with Crippen molar-refractivity contribution < 1.29 is 13.0 Å². The lowest BCUT2D eigenvalue weighted by Crippen LogP contribution is -1.96. The van der Waals surface area contributed by atoms with Crippen molar-refractivity contribution in [3.8, 4) is 0 Å². The summed E-state index contributed by atoms with van der Waals surface area (Å²) in [6, 6.07) is 5.99. The van der Waals surface area contributed by atoms with Crippen molar-refractivity contribution in [1.29, 1.82) is 0 Å². The largest absolute Gasteiger partial charge is 0.294 e. The predicted molar refractivity (Wildman–Crippen MR) is 59.4 cm³/mol. The molecule has 0 atom stereocenters. The zero-order valence-electron chi connectivity index (χ0n) is 8.97. The second-order valence-corrected chi connectivity index (χ2v) is 5.39. The average molecular weight is 228 g/mol. The Labute approximate surface area is 90.9 Å². The van der Waals surface area contributed by atoms with Crippen LogP contribution in [0.15, 0.2) is 29.2 Å². The Bertz CT molecular complexity index is 402. The van der Waals surface area contributed by atoms with Gasteiger partial charge in [-0.25, -0.2) is 0 Å². The van der Waals surface area contributed by atoms with Crippen LogP contribution in [-0.2, 0) is 10.1 Å². The summed E-state index contributed by atoms with van der Waals surface area (Å²) >= 11 is 0. The van der Waals surface area contributed by atoms with Crippen LogP contribution in [-0.4, -0.2) is 13.0 Å². The van der Waals surface area contributed by atoms with Crippen molar-refractivity contribution in [2.24, 2.45) is 5.92 Å². The summed E-state index contributed by atoms with van der Waals surface area (Å²) in [5, 5.41) is 0. The quantitative estimate of drug-likeness (QED) is 0.752. The third-order valence-corrected chi connectivity index (χ3v) is 3.05. The highest BCUT2D eigenvalue weighted by Gasteiger charge is 2.12. The molecule has 0 bridgehead atoms. The van der Waals surface area contributed by atoms with Crippen LogP contribution in [0.1, 0.15) is 25.3 Å². The van der Waals surface area contributed by atoms with E-state index in [0.717, 1.165) is 11.5 Å². The van der Waals surface area contributed by atoms with Gasteiger partial charge in [-0.15, -0.1) is 0 Å². The SMILES string of the molecule is CC1CC1.Cc1ccc(S(=O)(=O)O)cc1. The molecule has 4 heteroatoms. The number of benzene rings is 1. The highest BCUT2D eigenvalue weighted by atomic mass is 32.2. The van der Waals surface area contributed by atoms with Gasteiger partial charge in [0, 0.05) is 0 Å². The normalized spacial score (nSPS) is 15.4. The van der Waals surface area contributed by atoms with Gasteiger partial charge in [-0.3, -0.25) is 4.55 Å².